The lowest BCUT2D eigenvalue weighted by Crippen LogP contribution is -2.34. The van der Waals surface area contributed by atoms with Gasteiger partial charge in [0.2, 0.25) is 0 Å². The quantitative estimate of drug-likeness (QED) is 0.889. The highest BCUT2D eigenvalue weighted by Gasteiger charge is 2.16. The van der Waals surface area contributed by atoms with Crippen LogP contribution in [0.4, 0.5) is 0 Å². The molecule has 0 aliphatic heterocycles. The van der Waals surface area contributed by atoms with Gasteiger partial charge in [-0.25, -0.2) is 0 Å². The first-order chi connectivity index (χ1) is 8.54. The standard InChI is InChI=1S/C14H25N3S/c1-14(2,15)11-18-10-12-8-9-17(16-12)13-6-4-3-5-7-13/h8-9,13H,3-7,10-11,15H2,1-2H3. The Balaban J connectivity index is 1.82. The van der Waals surface area contributed by atoms with E-state index in [2.05, 4.69) is 30.8 Å². The fourth-order valence-corrected chi connectivity index (χ4v) is 3.41. The van der Waals surface area contributed by atoms with Gasteiger partial charge in [-0.1, -0.05) is 19.3 Å². The van der Waals surface area contributed by atoms with E-state index in [-0.39, 0.29) is 5.54 Å². The largest absolute Gasteiger partial charge is 0.325 e. The molecule has 0 radical (unpaired) electrons. The average Bonchev–Trinajstić information content (AvgIpc) is 2.77. The topological polar surface area (TPSA) is 43.8 Å². The molecule has 1 aromatic heterocycles. The number of hydrogen-bond donors (Lipinski definition) is 1. The molecule has 0 spiro atoms. The number of rotatable bonds is 5. The second-order valence-corrected chi connectivity index (χ2v) is 7.05. The average molecular weight is 267 g/mol. The van der Waals surface area contributed by atoms with Gasteiger partial charge < -0.3 is 5.73 Å². The van der Waals surface area contributed by atoms with E-state index in [4.69, 9.17) is 10.8 Å². The Morgan fingerprint density at radius 3 is 2.78 bits per heavy atom. The van der Waals surface area contributed by atoms with E-state index in [0.29, 0.717) is 6.04 Å². The summed E-state index contributed by atoms with van der Waals surface area (Å²) in [6.07, 6.45) is 8.85. The summed E-state index contributed by atoms with van der Waals surface area (Å²) in [6.45, 7) is 4.14. The molecule has 1 heterocycles. The van der Waals surface area contributed by atoms with Crippen molar-refractivity contribution in [2.75, 3.05) is 5.75 Å². The van der Waals surface area contributed by atoms with Crippen LogP contribution in [0, 0.1) is 0 Å². The Morgan fingerprint density at radius 1 is 1.39 bits per heavy atom. The molecule has 18 heavy (non-hydrogen) atoms. The van der Waals surface area contributed by atoms with Crippen LogP contribution in [0.2, 0.25) is 0 Å². The zero-order valence-electron chi connectivity index (χ0n) is 11.6. The Hall–Kier alpha value is -0.480. The summed E-state index contributed by atoms with van der Waals surface area (Å²) in [6, 6.07) is 2.80. The maximum absolute atomic E-state index is 5.98. The van der Waals surface area contributed by atoms with Crippen molar-refractivity contribution in [3.8, 4) is 0 Å². The molecule has 0 atom stereocenters. The maximum Gasteiger partial charge on any atom is 0.0723 e. The highest BCUT2D eigenvalue weighted by molar-refractivity contribution is 7.98. The molecule has 102 valence electrons. The zero-order valence-corrected chi connectivity index (χ0v) is 12.4. The van der Waals surface area contributed by atoms with Crippen LogP contribution in [-0.4, -0.2) is 21.1 Å². The minimum absolute atomic E-state index is 0.0867. The predicted molar refractivity (Wildman–Crippen MR) is 78.8 cm³/mol. The van der Waals surface area contributed by atoms with Gasteiger partial charge in [-0.05, 0) is 32.8 Å². The fourth-order valence-electron chi connectivity index (χ4n) is 2.42. The van der Waals surface area contributed by atoms with Gasteiger partial charge in [0, 0.05) is 23.2 Å². The molecule has 2 N–H and O–H groups in total. The second kappa shape index (κ2) is 6.11. The first kappa shape index (κ1) is 13.9. The van der Waals surface area contributed by atoms with E-state index in [9.17, 15) is 0 Å². The third kappa shape index (κ3) is 4.32. The van der Waals surface area contributed by atoms with Gasteiger partial charge in [0.15, 0.2) is 0 Å². The molecule has 1 aromatic rings. The summed E-state index contributed by atoms with van der Waals surface area (Å²) in [4.78, 5) is 0. The van der Waals surface area contributed by atoms with Crippen molar-refractivity contribution in [3.63, 3.8) is 0 Å². The molecule has 3 nitrogen and oxygen atoms in total. The summed E-state index contributed by atoms with van der Waals surface area (Å²) in [5, 5.41) is 4.71. The second-order valence-electron chi connectivity index (χ2n) is 6.06. The van der Waals surface area contributed by atoms with E-state index in [1.165, 1.54) is 37.8 Å². The van der Waals surface area contributed by atoms with Crippen LogP contribution in [0.5, 0.6) is 0 Å². The number of nitrogens with zero attached hydrogens (tertiary/aromatic N) is 2. The van der Waals surface area contributed by atoms with Gasteiger partial charge in [-0.3, -0.25) is 4.68 Å². The van der Waals surface area contributed by atoms with Crippen LogP contribution in [0.3, 0.4) is 0 Å². The summed E-state index contributed by atoms with van der Waals surface area (Å²) in [7, 11) is 0. The first-order valence-corrected chi connectivity index (χ1v) is 8.11. The summed E-state index contributed by atoms with van der Waals surface area (Å²) in [5.74, 6) is 1.95. The summed E-state index contributed by atoms with van der Waals surface area (Å²) in [5.41, 5.74) is 7.08. The molecule has 0 saturated heterocycles. The van der Waals surface area contributed by atoms with E-state index in [0.717, 1.165) is 11.5 Å². The number of hydrogen-bond acceptors (Lipinski definition) is 3. The lowest BCUT2D eigenvalue weighted by atomic mass is 9.96. The minimum atomic E-state index is -0.0867. The molecule has 0 amide bonds. The smallest absolute Gasteiger partial charge is 0.0723 e. The lowest BCUT2D eigenvalue weighted by molar-refractivity contribution is 0.328. The molecule has 0 bridgehead atoms. The van der Waals surface area contributed by atoms with Crippen LogP contribution in [0.1, 0.15) is 57.7 Å². The monoisotopic (exact) mass is 267 g/mol. The third-order valence-electron chi connectivity index (χ3n) is 3.34. The third-order valence-corrected chi connectivity index (χ3v) is 4.78. The van der Waals surface area contributed by atoms with Crippen molar-refractivity contribution in [2.24, 2.45) is 5.73 Å². The van der Waals surface area contributed by atoms with Crippen molar-refractivity contribution in [1.82, 2.24) is 9.78 Å². The molecule has 2 rings (SSSR count). The van der Waals surface area contributed by atoms with Gasteiger partial charge in [-0.2, -0.15) is 16.9 Å². The Kier molecular flexibility index (Phi) is 4.73. The van der Waals surface area contributed by atoms with Gasteiger partial charge in [-0.15, -0.1) is 0 Å². The Labute approximate surface area is 115 Å². The number of thioether (sulfide) groups is 1. The van der Waals surface area contributed by atoms with Crippen LogP contribution in [0.25, 0.3) is 0 Å². The van der Waals surface area contributed by atoms with Crippen molar-refractivity contribution in [3.05, 3.63) is 18.0 Å². The molecule has 4 heteroatoms. The lowest BCUT2D eigenvalue weighted by Gasteiger charge is -2.21. The predicted octanol–water partition coefficient (Wildman–Crippen LogP) is 3.36. The summed E-state index contributed by atoms with van der Waals surface area (Å²) >= 11 is 1.87. The van der Waals surface area contributed by atoms with Gasteiger partial charge in [0.25, 0.3) is 0 Å². The van der Waals surface area contributed by atoms with E-state index in [1.807, 2.05) is 11.8 Å². The van der Waals surface area contributed by atoms with Gasteiger partial charge in [0.1, 0.15) is 0 Å². The van der Waals surface area contributed by atoms with Crippen molar-refractivity contribution < 1.29 is 0 Å². The Morgan fingerprint density at radius 2 is 2.11 bits per heavy atom. The molecular formula is C14H25N3S. The number of nitrogens with two attached hydrogens (primary N) is 1. The SMILES string of the molecule is CC(C)(N)CSCc1ccn(C2CCCCC2)n1. The minimum Gasteiger partial charge on any atom is -0.325 e. The van der Waals surface area contributed by atoms with Crippen molar-refractivity contribution >= 4 is 11.8 Å². The highest BCUT2D eigenvalue weighted by Crippen LogP contribution is 2.27. The van der Waals surface area contributed by atoms with E-state index in [1.54, 1.807) is 0 Å². The van der Waals surface area contributed by atoms with Crippen LogP contribution in [0.15, 0.2) is 12.3 Å². The zero-order chi connectivity index (χ0) is 13.0. The van der Waals surface area contributed by atoms with Crippen LogP contribution < -0.4 is 5.73 Å². The Bertz CT molecular complexity index is 361. The molecule has 0 unspecified atom stereocenters. The summed E-state index contributed by atoms with van der Waals surface area (Å²) < 4.78 is 2.18. The van der Waals surface area contributed by atoms with Crippen molar-refractivity contribution in [1.29, 1.82) is 0 Å². The molecule has 1 aliphatic carbocycles. The van der Waals surface area contributed by atoms with E-state index < -0.39 is 0 Å². The molecule has 1 aliphatic rings. The fraction of sp³-hybridized carbons (Fsp3) is 0.786. The van der Waals surface area contributed by atoms with Crippen LogP contribution in [-0.2, 0) is 5.75 Å². The normalized spacial score (nSPS) is 18.2. The number of aromatic nitrogens is 2. The van der Waals surface area contributed by atoms with Crippen LogP contribution >= 0.6 is 11.8 Å². The molecule has 1 fully saturated rings. The molecule has 0 aromatic carbocycles. The first-order valence-electron chi connectivity index (χ1n) is 6.95. The van der Waals surface area contributed by atoms with Crippen molar-refractivity contribution in [2.45, 2.75) is 63.3 Å². The molecule has 1 saturated carbocycles. The van der Waals surface area contributed by atoms with Gasteiger partial charge >= 0.3 is 0 Å². The maximum atomic E-state index is 5.98. The molecular weight excluding hydrogens is 242 g/mol. The highest BCUT2D eigenvalue weighted by atomic mass is 32.2. The van der Waals surface area contributed by atoms with Gasteiger partial charge in [0.05, 0.1) is 11.7 Å². The van der Waals surface area contributed by atoms with E-state index >= 15 is 0 Å².